The maximum Gasteiger partial charge on any atom is 0.221 e. The zero-order chi connectivity index (χ0) is 13.9. The van der Waals surface area contributed by atoms with Crippen LogP contribution >= 0.6 is 11.6 Å². The topological polar surface area (TPSA) is 32.3 Å². The fourth-order valence-corrected chi connectivity index (χ4v) is 2.41. The quantitative estimate of drug-likeness (QED) is 0.868. The maximum atomic E-state index is 11.8. The molecule has 1 aliphatic carbocycles. The Morgan fingerprint density at radius 1 is 1.42 bits per heavy atom. The minimum atomic E-state index is 0.124. The van der Waals surface area contributed by atoms with Crippen LogP contribution < -0.4 is 5.32 Å². The first-order valence-electron chi connectivity index (χ1n) is 6.69. The van der Waals surface area contributed by atoms with Gasteiger partial charge in [-0.1, -0.05) is 23.7 Å². The molecule has 1 saturated carbocycles. The highest BCUT2D eigenvalue weighted by Crippen LogP contribution is 2.48. The van der Waals surface area contributed by atoms with E-state index in [1.807, 2.05) is 37.2 Å². The number of rotatable bonds is 6. The van der Waals surface area contributed by atoms with Crippen LogP contribution in [0.15, 0.2) is 24.3 Å². The lowest BCUT2D eigenvalue weighted by Crippen LogP contribution is -2.33. The summed E-state index contributed by atoms with van der Waals surface area (Å²) in [6.45, 7) is 1.51. The van der Waals surface area contributed by atoms with Crippen LogP contribution in [0.25, 0.3) is 0 Å². The molecule has 0 saturated heterocycles. The van der Waals surface area contributed by atoms with Crippen LogP contribution in [0, 0.1) is 0 Å². The average Bonchev–Trinajstić information content (AvgIpc) is 3.15. The standard InChI is InChI=1S/C15H21ClN2O/c1-18(2)9-6-14(19)17-11-15(7-8-15)12-4-3-5-13(16)10-12/h3-5,10H,6-9,11H2,1-2H3,(H,17,19). The van der Waals surface area contributed by atoms with Crippen molar-refractivity contribution in [3.8, 4) is 0 Å². The Hall–Kier alpha value is -1.06. The van der Waals surface area contributed by atoms with Crippen LogP contribution in [0.2, 0.25) is 5.02 Å². The van der Waals surface area contributed by atoms with Gasteiger partial charge in [0.05, 0.1) is 0 Å². The molecule has 0 unspecified atom stereocenters. The monoisotopic (exact) mass is 280 g/mol. The van der Waals surface area contributed by atoms with Crippen molar-refractivity contribution in [1.29, 1.82) is 0 Å². The molecule has 0 atom stereocenters. The summed E-state index contributed by atoms with van der Waals surface area (Å²) in [4.78, 5) is 13.8. The first-order chi connectivity index (χ1) is 9.02. The highest BCUT2D eigenvalue weighted by Gasteiger charge is 2.44. The number of hydrogen-bond donors (Lipinski definition) is 1. The van der Waals surface area contributed by atoms with E-state index in [0.29, 0.717) is 6.42 Å². The molecule has 0 aromatic heterocycles. The molecule has 1 aromatic carbocycles. The van der Waals surface area contributed by atoms with Gasteiger partial charge in [-0.15, -0.1) is 0 Å². The molecule has 104 valence electrons. The number of nitrogens with one attached hydrogen (secondary N) is 1. The van der Waals surface area contributed by atoms with Gasteiger partial charge in [-0.3, -0.25) is 4.79 Å². The molecule has 1 aromatic rings. The van der Waals surface area contributed by atoms with Crippen molar-refractivity contribution >= 4 is 17.5 Å². The normalized spacial score (nSPS) is 16.4. The van der Waals surface area contributed by atoms with Gasteiger partial charge in [0.15, 0.2) is 0 Å². The molecule has 1 aliphatic rings. The van der Waals surface area contributed by atoms with Crippen LogP contribution in [0.5, 0.6) is 0 Å². The van der Waals surface area contributed by atoms with Gasteiger partial charge in [0.2, 0.25) is 5.91 Å². The number of carbonyl (C=O) groups excluding carboxylic acids is 1. The summed E-state index contributed by atoms with van der Waals surface area (Å²) in [6, 6.07) is 7.98. The van der Waals surface area contributed by atoms with Crippen LogP contribution in [0.4, 0.5) is 0 Å². The third-order valence-corrected chi connectivity index (χ3v) is 3.94. The molecule has 0 bridgehead atoms. The zero-order valence-electron chi connectivity index (χ0n) is 11.6. The molecule has 1 amide bonds. The molecule has 3 nitrogen and oxygen atoms in total. The van der Waals surface area contributed by atoms with Crippen molar-refractivity contribution in [3.05, 3.63) is 34.9 Å². The van der Waals surface area contributed by atoms with Crippen molar-refractivity contribution < 1.29 is 4.79 Å². The number of halogens is 1. The Labute approximate surface area is 119 Å². The van der Waals surface area contributed by atoms with Crippen LogP contribution in [-0.4, -0.2) is 38.0 Å². The van der Waals surface area contributed by atoms with Gasteiger partial charge in [0, 0.05) is 29.9 Å². The van der Waals surface area contributed by atoms with Gasteiger partial charge in [-0.05, 0) is 44.6 Å². The van der Waals surface area contributed by atoms with E-state index in [4.69, 9.17) is 11.6 Å². The molecular weight excluding hydrogens is 260 g/mol. The molecule has 0 spiro atoms. The fraction of sp³-hybridized carbons (Fsp3) is 0.533. The molecule has 0 radical (unpaired) electrons. The van der Waals surface area contributed by atoms with Crippen molar-refractivity contribution in [2.24, 2.45) is 0 Å². The summed E-state index contributed by atoms with van der Waals surface area (Å²) < 4.78 is 0. The van der Waals surface area contributed by atoms with Crippen molar-refractivity contribution in [2.45, 2.75) is 24.7 Å². The highest BCUT2D eigenvalue weighted by molar-refractivity contribution is 6.30. The third-order valence-electron chi connectivity index (χ3n) is 3.70. The first kappa shape index (κ1) is 14.4. The van der Waals surface area contributed by atoms with E-state index in [1.165, 1.54) is 5.56 Å². The number of benzene rings is 1. The molecule has 0 heterocycles. The van der Waals surface area contributed by atoms with Gasteiger partial charge in [0.25, 0.3) is 0 Å². The summed E-state index contributed by atoms with van der Waals surface area (Å²) in [5.41, 5.74) is 1.37. The Kier molecular flexibility index (Phi) is 4.48. The van der Waals surface area contributed by atoms with E-state index < -0.39 is 0 Å². The van der Waals surface area contributed by atoms with Crippen molar-refractivity contribution in [2.75, 3.05) is 27.2 Å². The van der Waals surface area contributed by atoms with Crippen molar-refractivity contribution in [1.82, 2.24) is 10.2 Å². The predicted octanol–water partition coefficient (Wildman–Crippen LogP) is 2.44. The van der Waals surface area contributed by atoms with Crippen LogP contribution in [-0.2, 0) is 10.2 Å². The van der Waals surface area contributed by atoms with E-state index in [-0.39, 0.29) is 11.3 Å². The van der Waals surface area contributed by atoms with Gasteiger partial charge >= 0.3 is 0 Å². The maximum absolute atomic E-state index is 11.8. The van der Waals surface area contributed by atoms with Gasteiger partial charge < -0.3 is 10.2 Å². The van der Waals surface area contributed by atoms with E-state index in [1.54, 1.807) is 0 Å². The van der Waals surface area contributed by atoms with Gasteiger partial charge in [-0.2, -0.15) is 0 Å². The van der Waals surface area contributed by atoms with Crippen molar-refractivity contribution in [3.63, 3.8) is 0 Å². The molecular formula is C15H21ClN2O. The summed E-state index contributed by atoms with van der Waals surface area (Å²) in [7, 11) is 3.95. The second-order valence-electron chi connectivity index (χ2n) is 5.62. The van der Waals surface area contributed by atoms with Gasteiger partial charge in [-0.25, -0.2) is 0 Å². The summed E-state index contributed by atoms with van der Waals surface area (Å²) >= 11 is 6.03. The SMILES string of the molecule is CN(C)CCC(=O)NCC1(c2cccc(Cl)c2)CC1. The smallest absolute Gasteiger partial charge is 0.221 e. The highest BCUT2D eigenvalue weighted by atomic mass is 35.5. The number of carbonyl (C=O) groups is 1. The lowest BCUT2D eigenvalue weighted by Gasteiger charge is -2.17. The van der Waals surface area contributed by atoms with E-state index in [9.17, 15) is 4.79 Å². The summed E-state index contributed by atoms with van der Waals surface area (Å²) in [5, 5.41) is 3.82. The van der Waals surface area contributed by atoms with E-state index >= 15 is 0 Å². The molecule has 4 heteroatoms. The minimum absolute atomic E-state index is 0.124. The average molecular weight is 281 g/mol. The van der Waals surface area contributed by atoms with E-state index in [2.05, 4.69) is 11.4 Å². The summed E-state index contributed by atoms with van der Waals surface area (Å²) in [6.07, 6.45) is 2.81. The van der Waals surface area contributed by atoms with E-state index in [0.717, 1.165) is 31.0 Å². The lowest BCUT2D eigenvalue weighted by molar-refractivity contribution is -0.121. The Morgan fingerprint density at radius 2 is 2.16 bits per heavy atom. The largest absolute Gasteiger partial charge is 0.355 e. The Morgan fingerprint density at radius 3 is 2.74 bits per heavy atom. The van der Waals surface area contributed by atoms with Gasteiger partial charge in [0.1, 0.15) is 0 Å². The van der Waals surface area contributed by atoms with Crippen LogP contribution in [0.3, 0.4) is 0 Å². The second kappa shape index (κ2) is 5.93. The fourth-order valence-electron chi connectivity index (χ4n) is 2.22. The molecule has 2 rings (SSSR count). The first-order valence-corrected chi connectivity index (χ1v) is 7.07. The number of amides is 1. The second-order valence-corrected chi connectivity index (χ2v) is 6.06. The zero-order valence-corrected chi connectivity index (χ0v) is 12.3. The third kappa shape index (κ3) is 3.95. The lowest BCUT2D eigenvalue weighted by atomic mass is 9.96. The Bertz CT molecular complexity index is 455. The predicted molar refractivity (Wildman–Crippen MR) is 78.5 cm³/mol. The minimum Gasteiger partial charge on any atom is -0.355 e. The molecule has 1 N–H and O–H groups in total. The number of nitrogens with zero attached hydrogens (tertiary/aromatic N) is 1. The number of hydrogen-bond acceptors (Lipinski definition) is 2. The molecule has 0 aliphatic heterocycles. The summed E-state index contributed by atoms with van der Waals surface area (Å²) in [5.74, 6) is 0.127. The van der Waals surface area contributed by atoms with Crippen LogP contribution in [0.1, 0.15) is 24.8 Å². The Balaban J connectivity index is 1.87. The molecule has 1 fully saturated rings. The molecule has 19 heavy (non-hydrogen) atoms.